The van der Waals surface area contributed by atoms with Crippen molar-refractivity contribution >= 4 is 11.0 Å². The van der Waals surface area contributed by atoms with Gasteiger partial charge >= 0.3 is 6.01 Å². The molecule has 10 heteroatoms. The van der Waals surface area contributed by atoms with Gasteiger partial charge in [-0.25, -0.2) is 23.7 Å². The normalized spacial score (nSPS) is 15.1. The smallest absolute Gasteiger partial charge is 0.324 e. The molecule has 5 rings (SSSR count). The first-order chi connectivity index (χ1) is 17.8. The van der Waals surface area contributed by atoms with Crippen molar-refractivity contribution in [3.05, 3.63) is 59.7 Å². The molecule has 0 atom stereocenters. The Balaban J connectivity index is 1.35. The van der Waals surface area contributed by atoms with Gasteiger partial charge in [-0.1, -0.05) is 13.0 Å². The van der Waals surface area contributed by atoms with E-state index in [1.807, 2.05) is 31.4 Å². The number of aromatic nitrogens is 5. The average molecular weight is 508 g/mol. The molecule has 4 aromatic rings. The van der Waals surface area contributed by atoms with Gasteiger partial charge in [0.1, 0.15) is 17.0 Å². The van der Waals surface area contributed by atoms with Crippen molar-refractivity contribution < 1.29 is 13.5 Å². The third-order valence-electron chi connectivity index (χ3n) is 6.75. The maximum atomic E-state index is 14.9. The maximum absolute atomic E-state index is 14.9. The number of piperazine rings is 1. The van der Waals surface area contributed by atoms with E-state index in [1.165, 1.54) is 6.07 Å². The largest absolute Gasteiger partial charge is 0.405 e. The molecule has 1 fully saturated rings. The van der Waals surface area contributed by atoms with E-state index >= 15 is 0 Å². The lowest BCUT2D eigenvalue weighted by atomic mass is 10.1. The van der Waals surface area contributed by atoms with E-state index in [1.54, 1.807) is 18.3 Å². The first-order valence-corrected chi connectivity index (χ1v) is 12.6. The van der Waals surface area contributed by atoms with E-state index in [2.05, 4.69) is 36.7 Å². The predicted molar refractivity (Wildman–Crippen MR) is 137 cm³/mol. The Hall–Kier alpha value is -3.50. The quantitative estimate of drug-likeness (QED) is 0.349. The van der Waals surface area contributed by atoms with E-state index in [-0.39, 0.29) is 28.8 Å². The van der Waals surface area contributed by atoms with Crippen LogP contribution in [0.4, 0.5) is 8.78 Å². The molecule has 0 radical (unpaired) electrons. The Morgan fingerprint density at radius 2 is 1.70 bits per heavy atom. The fourth-order valence-corrected chi connectivity index (χ4v) is 4.84. The van der Waals surface area contributed by atoms with Crippen LogP contribution in [0.25, 0.3) is 22.3 Å². The summed E-state index contributed by atoms with van der Waals surface area (Å²) in [4.78, 5) is 21.8. The van der Waals surface area contributed by atoms with Gasteiger partial charge in [0.15, 0.2) is 11.6 Å². The minimum atomic E-state index is -0.676. The van der Waals surface area contributed by atoms with E-state index < -0.39 is 11.6 Å². The van der Waals surface area contributed by atoms with Gasteiger partial charge in [-0.05, 0) is 45.0 Å². The number of rotatable bonds is 7. The predicted octanol–water partition coefficient (Wildman–Crippen LogP) is 4.99. The van der Waals surface area contributed by atoms with E-state index in [0.29, 0.717) is 17.2 Å². The summed E-state index contributed by atoms with van der Waals surface area (Å²) in [6.45, 7) is 14.1. The van der Waals surface area contributed by atoms with Crippen molar-refractivity contribution in [3.63, 3.8) is 0 Å². The molecule has 1 aromatic carbocycles. The molecule has 0 amide bonds. The maximum Gasteiger partial charge on any atom is 0.324 e. The fraction of sp³-hybridized carbons (Fsp3) is 0.407. The van der Waals surface area contributed by atoms with Crippen molar-refractivity contribution in [2.45, 2.75) is 40.3 Å². The molecule has 3 aromatic heterocycles. The standard InChI is InChI=1S/C27H31F2N7O/c1-5-34-8-10-35(11-9-34)16-19-6-7-24(30-14-19)37-27-31-15-22(29)25(33-27)20-12-21(28)26-23(13-20)36(17(2)3)18(4)32-26/h6-7,12-15,17H,5,8-11,16H2,1-4H3. The monoisotopic (exact) mass is 507 g/mol. The summed E-state index contributed by atoms with van der Waals surface area (Å²) < 4.78 is 37.3. The molecular weight excluding hydrogens is 476 g/mol. The van der Waals surface area contributed by atoms with E-state index in [0.717, 1.165) is 51.0 Å². The van der Waals surface area contributed by atoms with Crippen LogP contribution in [-0.2, 0) is 6.54 Å². The number of halogens is 2. The van der Waals surface area contributed by atoms with Crippen molar-refractivity contribution in [1.29, 1.82) is 0 Å². The SMILES string of the molecule is CCN1CCN(Cc2ccc(Oc3ncc(F)c(-c4cc(F)c5nc(C)n(C(C)C)c5c4)n3)nc2)CC1. The lowest BCUT2D eigenvalue weighted by Crippen LogP contribution is -2.45. The van der Waals surface area contributed by atoms with Crippen LogP contribution >= 0.6 is 0 Å². The Kier molecular flexibility index (Phi) is 7.12. The molecule has 0 saturated carbocycles. The van der Waals surface area contributed by atoms with E-state index in [4.69, 9.17) is 4.74 Å². The molecule has 1 saturated heterocycles. The number of imidazole rings is 1. The van der Waals surface area contributed by atoms with Gasteiger partial charge in [0, 0.05) is 56.6 Å². The second-order valence-electron chi connectivity index (χ2n) is 9.61. The molecule has 0 aliphatic carbocycles. The van der Waals surface area contributed by atoms with Crippen LogP contribution in [0.3, 0.4) is 0 Å². The first kappa shape index (κ1) is 25.2. The molecule has 37 heavy (non-hydrogen) atoms. The number of likely N-dealkylation sites (N-methyl/N-ethyl adjacent to an activating group) is 1. The highest BCUT2D eigenvalue weighted by Crippen LogP contribution is 2.31. The minimum Gasteiger partial charge on any atom is -0.405 e. The van der Waals surface area contributed by atoms with Gasteiger partial charge in [0.2, 0.25) is 5.88 Å². The number of pyridine rings is 1. The number of aryl methyl sites for hydroxylation is 1. The molecule has 0 unspecified atom stereocenters. The molecule has 1 aliphatic rings. The lowest BCUT2D eigenvalue weighted by molar-refractivity contribution is 0.132. The third-order valence-corrected chi connectivity index (χ3v) is 6.75. The van der Waals surface area contributed by atoms with Gasteiger partial charge < -0.3 is 14.2 Å². The van der Waals surface area contributed by atoms with Crippen molar-refractivity contribution in [2.75, 3.05) is 32.7 Å². The second kappa shape index (κ2) is 10.5. The van der Waals surface area contributed by atoms with Crippen LogP contribution < -0.4 is 4.74 Å². The van der Waals surface area contributed by atoms with Crippen LogP contribution in [0, 0.1) is 18.6 Å². The molecule has 0 N–H and O–H groups in total. The number of benzene rings is 1. The Labute approximate surface area is 214 Å². The van der Waals surface area contributed by atoms with Crippen molar-refractivity contribution in [1.82, 2.24) is 34.3 Å². The summed E-state index contributed by atoms with van der Waals surface area (Å²) in [7, 11) is 0. The number of fused-ring (bicyclic) bond motifs is 1. The lowest BCUT2D eigenvalue weighted by Gasteiger charge is -2.33. The Morgan fingerprint density at radius 3 is 2.38 bits per heavy atom. The fourth-order valence-electron chi connectivity index (χ4n) is 4.84. The third kappa shape index (κ3) is 5.30. The van der Waals surface area contributed by atoms with Gasteiger partial charge in [0.05, 0.1) is 11.7 Å². The summed E-state index contributed by atoms with van der Waals surface area (Å²) in [6.07, 6.45) is 2.79. The summed E-state index contributed by atoms with van der Waals surface area (Å²) in [5, 5.41) is 0. The van der Waals surface area contributed by atoms with Crippen LogP contribution in [0.2, 0.25) is 0 Å². The van der Waals surface area contributed by atoms with Crippen LogP contribution in [0.15, 0.2) is 36.7 Å². The Bertz CT molecular complexity index is 1400. The molecule has 1 aliphatic heterocycles. The zero-order chi connectivity index (χ0) is 26.1. The highest BCUT2D eigenvalue weighted by atomic mass is 19.1. The average Bonchev–Trinajstić information content (AvgIpc) is 3.23. The first-order valence-electron chi connectivity index (χ1n) is 12.6. The topological polar surface area (TPSA) is 72.2 Å². The molecule has 0 bridgehead atoms. The molecule has 8 nitrogen and oxygen atoms in total. The molecule has 194 valence electrons. The van der Waals surface area contributed by atoms with Gasteiger partial charge in [-0.2, -0.15) is 4.98 Å². The van der Waals surface area contributed by atoms with Crippen molar-refractivity contribution in [3.8, 4) is 23.1 Å². The Morgan fingerprint density at radius 1 is 0.946 bits per heavy atom. The number of nitrogens with zero attached hydrogens (tertiary/aromatic N) is 7. The van der Waals surface area contributed by atoms with Gasteiger partial charge in [-0.15, -0.1) is 0 Å². The van der Waals surface area contributed by atoms with Crippen LogP contribution in [0.1, 0.15) is 38.2 Å². The van der Waals surface area contributed by atoms with Gasteiger partial charge in [-0.3, -0.25) is 4.90 Å². The number of hydrogen-bond acceptors (Lipinski definition) is 7. The number of ether oxygens (including phenoxy) is 1. The highest BCUT2D eigenvalue weighted by molar-refractivity contribution is 5.83. The van der Waals surface area contributed by atoms with Crippen LogP contribution in [0.5, 0.6) is 11.9 Å². The highest BCUT2D eigenvalue weighted by Gasteiger charge is 2.19. The summed E-state index contributed by atoms with van der Waals surface area (Å²) in [5.41, 5.74) is 2.14. The summed E-state index contributed by atoms with van der Waals surface area (Å²) >= 11 is 0. The minimum absolute atomic E-state index is 0.0530. The van der Waals surface area contributed by atoms with Gasteiger partial charge in [0.25, 0.3) is 0 Å². The summed E-state index contributed by atoms with van der Waals surface area (Å²) in [6, 6.07) is 6.63. The van der Waals surface area contributed by atoms with Crippen LogP contribution in [-0.4, -0.2) is 67.0 Å². The summed E-state index contributed by atoms with van der Waals surface area (Å²) in [5.74, 6) is -0.230. The molecule has 0 spiro atoms. The second-order valence-corrected chi connectivity index (χ2v) is 9.61. The molecule has 4 heterocycles. The zero-order valence-corrected chi connectivity index (χ0v) is 21.6. The molecular formula is C27H31F2N7O. The zero-order valence-electron chi connectivity index (χ0n) is 21.6. The van der Waals surface area contributed by atoms with Crippen molar-refractivity contribution in [2.24, 2.45) is 0 Å². The number of hydrogen-bond donors (Lipinski definition) is 0. The van der Waals surface area contributed by atoms with E-state index in [9.17, 15) is 8.78 Å².